The summed E-state index contributed by atoms with van der Waals surface area (Å²) in [5, 5.41) is 0. The first-order valence-electron chi connectivity index (χ1n) is 19.6. The van der Waals surface area contributed by atoms with Gasteiger partial charge in [-0.1, -0.05) is 206 Å². The summed E-state index contributed by atoms with van der Waals surface area (Å²) in [4.78, 5) is 0. The minimum Gasteiger partial charge on any atom is -0.350 e. The predicted molar refractivity (Wildman–Crippen MR) is 188 cm³/mol. The number of rotatable bonds is 36. The van der Waals surface area contributed by atoms with E-state index in [0.717, 1.165) is 26.1 Å². The fraction of sp³-hybridized carbons (Fsp3) is 1.00. The van der Waals surface area contributed by atoms with E-state index in [-0.39, 0.29) is 11.9 Å². The van der Waals surface area contributed by atoms with Crippen LogP contribution in [0.2, 0.25) is 0 Å². The SMILES string of the molecule is CCCCCCCCCCCCCCCCCCOC1(OCCCCCCCCCCCCCCCCCC)CC1.N. The highest BCUT2D eigenvalue weighted by molar-refractivity contribution is 4.86. The van der Waals surface area contributed by atoms with Crippen molar-refractivity contribution < 1.29 is 9.47 Å². The summed E-state index contributed by atoms with van der Waals surface area (Å²) in [5.74, 6) is -0.176. The van der Waals surface area contributed by atoms with Crippen molar-refractivity contribution in [2.24, 2.45) is 0 Å². The Morgan fingerprint density at radius 1 is 0.310 bits per heavy atom. The van der Waals surface area contributed by atoms with E-state index in [2.05, 4.69) is 13.8 Å². The van der Waals surface area contributed by atoms with Crippen molar-refractivity contribution in [3.05, 3.63) is 0 Å². The Balaban J connectivity index is 0.0000168. The second-order valence-corrected chi connectivity index (χ2v) is 13.7. The Labute approximate surface area is 266 Å². The number of hydrogen-bond acceptors (Lipinski definition) is 3. The topological polar surface area (TPSA) is 53.5 Å². The van der Waals surface area contributed by atoms with E-state index < -0.39 is 0 Å². The normalized spacial score (nSPS) is 13.9. The molecule has 0 unspecified atom stereocenters. The van der Waals surface area contributed by atoms with Crippen molar-refractivity contribution in [2.75, 3.05) is 13.2 Å². The van der Waals surface area contributed by atoms with Crippen LogP contribution in [0.15, 0.2) is 0 Å². The van der Waals surface area contributed by atoms with Gasteiger partial charge in [-0.05, 0) is 12.8 Å². The maximum atomic E-state index is 6.17. The summed E-state index contributed by atoms with van der Waals surface area (Å²) in [6, 6.07) is 0. The molecule has 1 saturated carbocycles. The number of ether oxygens (including phenoxy) is 2. The van der Waals surface area contributed by atoms with Crippen molar-refractivity contribution in [1.29, 1.82) is 0 Å². The first-order valence-corrected chi connectivity index (χ1v) is 19.6. The van der Waals surface area contributed by atoms with Gasteiger partial charge in [-0.2, -0.15) is 0 Å². The third kappa shape index (κ3) is 29.9. The van der Waals surface area contributed by atoms with Crippen LogP contribution in [0.4, 0.5) is 0 Å². The monoisotopic (exact) mass is 596 g/mol. The van der Waals surface area contributed by atoms with E-state index in [9.17, 15) is 0 Å². The Kier molecular flexibility index (Phi) is 33.7. The molecule has 3 nitrogen and oxygen atoms in total. The lowest BCUT2D eigenvalue weighted by Gasteiger charge is -2.17. The molecule has 0 saturated heterocycles. The average molecular weight is 596 g/mol. The lowest BCUT2D eigenvalue weighted by molar-refractivity contribution is -0.168. The van der Waals surface area contributed by atoms with Crippen LogP contribution in [0, 0.1) is 0 Å². The molecule has 0 aromatic carbocycles. The molecule has 0 spiro atoms. The van der Waals surface area contributed by atoms with Gasteiger partial charge < -0.3 is 15.6 Å². The largest absolute Gasteiger partial charge is 0.350 e. The zero-order valence-corrected chi connectivity index (χ0v) is 29.5. The Bertz CT molecular complexity index is 453. The van der Waals surface area contributed by atoms with Gasteiger partial charge >= 0.3 is 0 Å². The molecular formula is C39H81NO2. The Hall–Kier alpha value is -0.120. The molecule has 1 aliphatic rings. The third-order valence-electron chi connectivity index (χ3n) is 9.38. The summed E-state index contributed by atoms with van der Waals surface area (Å²) in [6.07, 6.45) is 47.7. The lowest BCUT2D eigenvalue weighted by atomic mass is 10.0. The molecule has 1 fully saturated rings. The second kappa shape index (κ2) is 33.8. The zero-order chi connectivity index (χ0) is 29.4. The minimum absolute atomic E-state index is 0. The highest BCUT2D eigenvalue weighted by Crippen LogP contribution is 2.41. The average Bonchev–Trinajstić information content (AvgIpc) is 3.76. The van der Waals surface area contributed by atoms with E-state index in [1.807, 2.05) is 0 Å². The maximum absolute atomic E-state index is 6.17. The van der Waals surface area contributed by atoms with Crippen LogP contribution in [0.5, 0.6) is 0 Å². The smallest absolute Gasteiger partial charge is 0.168 e. The van der Waals surface area contributed by atoms with Gasteiger partial charge in [0.2, 0.25) is 0 Å². The van der Waals surface area contributed by atoms with Crippen LogP contribution in [0.1, 0.15) is 232 Å². The van der Waals surface area contributed by atoms with E-state index >= 15 is 0 Å². The van der Waals surface area contributed by atoms with E-state index in [1.54, 1.807) is 0 Å². The van der Waals surface area contributed by atoms with Gasteiger partial charge in [0.1, 0.15) is 0 Å². The van der Waals surface area contributed by atoms with E-state index in [0.29, 0.717) is 0 Å². The van der Waals surface area contributed by atoms with Crippen LogP contribution in [-0.2, 0) is 9.47 Å². The van der Waals surface area contributed by atoms with Crippen molar-refractivity contribution in [3.63, 3.8) is 0 Å². The molecule has 0 aliphatic heterocycles. The van der Waals surface area contributed by atoms with Crippen LogP contribution >= 0.6 is 0 Å². The lowest BCUT2D eigenvalue weighted by Crippen LogP contribution is -2.20. The van der Waals surface area contributed by atoms with Crippen molar-refractivity contribution >= 4 is 0 Å². The summed E-state index contributed by atoms with van der Waals surface area (Å²) in [5.41, 5.74) is 0. The Morgan fingerprint density at radius 3 is 0.690 bits per heavy atom. The fourth-order valence-corrected chi connectivity index (χ4v) is 6.25. The molecule has 42 heavy (non-hydrogen) atoms. The minimum atomic E-state index is -0.176. The Morgan fingerprint density at radius 2 is 0.500 bits per heavy atom. The van der Waals surface area contributed by atoms with Crippen molar-refractivity contribution in [3.8, 4) is 0 Å². The van der Waals surface area contributed by atoms with Gasteiger partial charge in [0.25, 0.3) is 0 Å². The van der Waals surface area contributed by atoms with E-state index in [1.165, 1.54) is 205 Å². The van der Waals surface area contributed by atoms with Crippen LogP contribution in [0.25, 0.3) is 0 Å². The van der Waals surface area contributed by atoms with Gasteiger partial charge in [-0.15, -0.1) is 0 Å². The van der Waals surface area contributed by atoms with Gasteiger partial charge in [0, 0.05) is 12.8 Å². The van der Waals surface area contributed by atoms with Crippen LogP contribution in [0.3, 0.4) is 0 Å². The van der Waals surface area contributed by atoms with Gasteiger partial charge in [0.05, 0.1) is 13.2 Å². The molecule has 0 bridgehead atoms. The zero-order valence-electron chi connectivity index (χ0n) is 29.5. The molecule has 0 heterocycles. The highest BCUT2D eigenvalue weighted by Gasteiger charge is 2.45. The van der Waals surface area contributed by atoms with Crippen molar-refractivity contribution in [2.45, 2.75) is 238 Å². The van der Waals surface area contributed by atoms with E-state index in [4.69, 9.17) is 9.47 Å². The van der Waals surface area contributed by atoms with Gasteiger partial charge in [-0.25, -0.2) is 0 Å². The molecule has 0 radical (unpaired) electrons. The molecule has 1 rings (SSSR count). The summed E-state index contributed by atoms with van der Waals surface area (Å²) >= 11 is 0. The number of hydrogen-bond donors (Lipinski definition) is 1. The molecular weight excluding hydrogens is 514 g/mol. The molecule has 0 amide bonds. The summed E-state index contributed by atoms with van der Waals surface area (Å²) in [6.45, 7) is 6.40. The molecule has 3 heteroatoms. The molecule has 0 atom stereocenters. The first kappa shape index (κ1) is 41.9. The molecule has 254 valence electrons. The number of unbranched alkanes of at least 4 members (excludes halogenated alkanes) is 30. The van der Waals surface area contributed by atoms with Gasteiger partial charge in [-0.3, -0.25) is 0 Å². The first-order chi connectivity index (χ1) is 20.3. The molecule has 0 aromatic heterocycles. The van der Waals surface area contributed by atoms with Crippen LogP contribution < -0.4 is 6.15 Å². The molecule has 1 aliphatic carbocycles. The fourth-order valence-electron chi connectivity index (χ4n) is 6.25. The van der Waals surface area contributed by atoms with Crippen molar-refractivity contribution in [1.82, 2.24) is 6.15 Å². The maximum Gasteiger partial charge on any atom is 0.168 e. The molecule has 3 N–H and O–H groups in total. The summed E-state index contributed by atoms with van der Waals surface area (Å²) < 4.78 is 12.3. The third-order valence-corrected chi connectivity index (χ3v) is 9.38. The standard InChI is InChI=1S/C39H78O2.H3N/c1-3-5-7-9-11-13-15-17-19-21-23-25-27-29-31-33-37-40-39(35-36-39)41-38-34-32-30-28-26-24-22-20-18-16-14-12-10-8-6-4-2;/h3-38H2,1-2H3;1H3. The quantitative estimate of drug-likeness (QED) is 0.0579. The van der Waals surface area contributed by atoms with Gasteiger partial charge in [0.15, 0.2) is 5.79 Å². The predicted octanol–water partition coefficient (Wildman–Crippen LogP) is 14.2. The summed E-state index contributed by atoms with van der Waals surface area (Å²) in [7, 11) is 0. The van der Waals surface area contributed by atoms with Crippen LogP contribution in [-0.4, -0.2) is 19.0 Å². The highest BCUT2D eigenvalue weighted by atomic mass is 16.7. The molecule has 0 aromatic rings. The second-order valence-electron chi connectivity index (χ2n) is 13.7.